The largest absolute Gasteiger partial charge is 0.396 e. The Hall–Kier alpha value is -1.39. The monoisotopic (exact) mass is 236 g/mol. The molecule has 4 heteroatoms. The molecule has 1 rings (SSSR count). The fourth-order valence-corrected chi connectivity index (χ4v) is 1.43. The minimum Gasteiger partial charge on any atom is -0.396 e. The van der Waals surface area contributed by atoms with E-state index in [0.717, 1.165) is 5.56 Å². The summed E-state index contributed by atoms with van der Waals surface area (Å²) in [7, 11) is 0. The second kappa shape index (κ2) is 7.04. The highest BCUT2D eigenvalue weighted by atomic mass is 16.3. The summed E-state index contributed by atoms with van der Waals surface area (Å²) in [6.45, 7) is 2.38. The highest BCUT2D eigenvalue weighted by Crippen LogP contribution is 2.02. The quantitative estimate of drug-likeness (QED) is 0.665. The van der Waals surface area contributed by atoms with Crippen molar-refractivity contribution in [2.45, 2.75) is 19.4 Å². The van der Waals surface area contributed by atoms with E-state index in [0.29, 0.717) is 13.0 Å². The van der Waals surface area contributed by atoms with Crippen LogP contribution in [0.15, 0.2) is 30.3 Å². The number of hydrogen-bond acceptors (Lipinski definition) is 3. The van der Waals surface area contributed by atoms with Crippen molar-refractivity contribution in [3.63, 3.8) is 0 Å². The second-order valence-electron chi connectivity index (χ2n) is 4.33. The number of nitrogens with two attached hydrogens (primary N) is 1. The van der Waals surface area contributed by atoms with Gasteiger partial charge in [0.05, 0.1) is 6.04 Å². The zero-order valence-electron chi connectivity index (χ0n) is 10.1. The van der Waals surface area contributed by atoms with Crippen LogP contribution >= 0.6 is 0 Å². The van der Waals surface area contributed by atoms with Crippen LogP contribution in [0.4, 0.5) is 0 Å². The third-order valence-corrected chi connectivity index (χ3v) is 2.57. The van der Waals surface area contributed by atoms with Crippen molar-refractivity contribution in [2.24, 2.45) is 11.7 Å². The van der Waals surface area contributed by atoms with Crippen molar-refractivity contribution < 1.29 is 9.90 Å². The third kappa shape index (κ3) is 4.97. The molecule has 1 amide bonds. The number of amides is 1. The molecule has 0 fully saturated rings. The smallest absolute Gasteiger partial charge is 0.237 e. The molecular formula is C13H20N2O2. The number of rotatable bonds is 6. The van der Waals surface area contributed by atoms with E-state index >= 15 is 0 Å². The molecule has 4 N–H and O–H groups in total. The van der Waals surface area contributed by atoms with Gasteiger partial charge >= 0.3 is 0 Å². The van der Waals surface area contributed by atoms with Gasteiger partial charge in [-0.25, -0.2) is 0 Å². The lowest BCUT2D eigenvalue weighted by Crippen LogP contribution is -2.43. The Morgan fingerprint density at radius 3 is 2.65 bits per heavy atom. The minimum atomic E-state index is -0.539. The van der Waals surface area contributed by atoms with Crippen LogP contribution in [0.5, 0.6) is 0 Å². The molecule has 1 aromatic carbocycles. The molecule has 0 bridgehead atoms. The van der Waals surface area contributed by atoms with E-state index in [4.69, 9.17) is 10.8 Å². The molecular weight excluding hydrogens is 216 g/mol. The third-order valence-electron chi connectivity index (χ3n) is 2.57. The van der Waals surface area contributed by atoms with Crippen molar-refractivity contribution >= 4 is 5.91 Å². The highest BCUT2D eigenvalue weighted by Gasteiger charge is 2.14. The summed E-state index contributed by atoms with van der Waals surface area (Å²) in [6, 6.07) is 9.13. The predicted molar refractivity (Wildman–Crippen MR) is 67.4 cm³/mol. The van der Waals surface area contributed by atoms with Gasteiger partial charge in [-0.05, 0) is 17.9 Å². The van der Waals surface area contributed by atoms with Gasteiger partial charge in [-0.1, -0.05) is 37.3 Å². The van der Waals surface area contributed by atoms with Crippen molar-refractivity contribution in [2.75, 3.05) is 13.2 Å². The van der Waals surface area contributed by atoms with E-state index in [1.165, 1.54) is 0 Å². The lowest BCUT2D eigenvalue weighted by atomic mass is 10.1. The van der Waals surface area contributed by atoms with Crippen molar-refractivity contribution in [1.29, 1.82) is 0 Å². The second-order valence-corrected chi connectivity index (χ2v) is 4.33. The van der Waals surface area contributed by atoms with E-state index in [1.54, 1.807) is 0 Å². The van der Waals surface area contributed by atoms with Gasteiger partial charge in [0.25, 0.3) is 0 Å². The van der Waals surface area contributed by atoms with E-state index in [2.05, 4.69) is 5.32 Å². The van der Waals surface area contributed by atoms with E-state index in [9.17, 15) is 4.79 Å². The van der Waals surface area contributed by atoms with E-state index in [-0.39, 0.29) is 18.4 Å². The molecule has 0 radical (unpaired) electrons. The first-order valence-corrected chi connectivity index (χ1v) is 5.81. The first-order valence-electron chi connectivity index (χ1n) is 5.81. The molecule has 0 saturated carbocycles. The number of benzene rings is 1. The Labute approximate surface area is 102 Å². The summed E-state index contributed by atoms with van der Waals surface area (Å²) < 4.78 is 0. The van der Waals surface area contributed by atoms with Crippen LogP contribution in [0.25, 0.3) is 0 Å². The topological polar surface area (TPSA) is 75.3 Å². The van der Waals surface area contributed by atoms with Gasteiger partial charge in [0.1, 0.15) is 0 Å². The van der Waals surface area contributed by atoms with Gasteiger partial charge in [0, 0.05) is 13.2 Å². The van der Waals surface area contributed by atoms with Crippen LogP contribution in [0.1, 0.15) is 12.5 Å². The number of aliphatic hydroxyl groups is 1. The Balaban J connectivity index is 2.37. The van der Waals surface area contributed by atoms with Crippen molar-refractivity contribution in [3.05, 3.63) is 35.9 Å². The number of nitrogens with one attached hydrogen (secondary N) is 1. The summed E-state index contributed by atoms with van der Waals surface area (Å²) >= 11 is 0. The maximum Gasteiger partial charge on any atom is 0.237 e. The average Bonchev–Trinajstić information content (AvgIpc) is 2.36. The first kappa shape index (κ1) is 13.7. The molecule has 94 valence electrons. The molecule has 0 saturated heterocycles. The SMILES string of the molecule is CC(CO)CNC(=O)[C@H](N)Cc1ccccc1. The molecule has 0 heterocycles. The minimum absolute atomic E-state index is 0.0582. The van der Waals surface area contributed by atoms with Crippen LogP contribution < -0.4 is 11.1 Å². The van der Waals surface area contributed by atoms with Crippen LogP contribution in [-0.2, 0) is 11.2 Å². The summed E-state index contributed by atoms with van der Waals surface area (Å²) in [5.74, 6) is -0.114. The van der Waals surface area contributed by atoms with Crippen LogP contribution in [0, 0.1) is 5.92 Å². The predicted octanol–water partition coefficient (Wildman–Crippen LogP) is 0.301. The normalized spacial score (nSPS) is 14.1. The molecule has 1 aromatic rings. The molecule has 0 aliphatic heterocycles. The Bertz CT molecular complexity index is 341. The van der Waals surface area contributed by atoms with Crippen LogP contribution in [0.3, 0.4) is 0 Å². The lowest BCUT2D eigenvalue weighted by molar-refractivity contribution is -0.122. The Morgan fingerprint density at radius 1 is 1.41 bits per heavy atom. The molecule has 0 aliphatic carbocycles. The summed E-state index contributed by atoms with van der Waals surface area (Å²) in [5, 5.41) is 11.6. The highest BCUT2D eigenvalue weighted by molar-refractivity contribution is 5.81. The number of carbonyl (C=O) groups is 1. The van der Waals surface area contributed by atoms with E-state index < -0.39 is 6.04 Å². The first-order chi connectivity index (χ1) is 8.13. The van der Waals surface area contributed by atoms with Gasteiger partial charge in [-0.2, -0.15) is 0 Å². The molecule has 2 atom stereocenters. The molecule has 0 aliphatic rings. The van der Waals surface area contributed by atoms with Crippen molar-refractivity contribution in [1.82, 2.24) is 5.32 Å². The van der Waals surface area contributed by atoms with Gasteiger partial charge in [-0.15, -0.1) is 0 Å². The summed E-state index contributed by atoms with van der Waals surface area (Å²) in [5.41, 5.74) is 6.85. The summed E-state index contributed by atoms with van der Waals surface area (Å²) in [6.07, 6.45) is 0.528. The van der Waals surface area contributed by atoms with Crippen LogP contribution in [-0.4, -0.2) is 30.2 Å². The van der Waals surface area contributed by atoms with Crippen LogP contribution in [0.2, 0.25) is 0 Å². The Morgan fingerprint density at radius 2 is 2.06 bits per heavy atom. The lowest BCUT2D eigenvalue weighted by Gasteiger charge is -2.14. The zero-order valence-corrected chi connectivity index (χ0v) is 10.1. The fourth-order valence-electron chi connectivity index (χ4n) is 1.43. The molecule has 17 heavy (non-hydrogen) atoms. The fraction of sp³-hybridized carbons (Fsp3) is 0.462. The van der Waals surface area contributed by atoms with Crippen molar-refractivity contribution in [3.8, 4) is 0 Å². The maximum absolute atomic E-state index is 11.7. The maximum atomic E-state index is 11.7. The summed E-state index contributed by atoms with van der Waals surface area (Å²) in [4.78, 5) is 11.7. The number of hydrogen-bond donors (Lipinski definition) is 3. The van der Waals surface area contributed by atoms with Gasteiger partial charge < -0.3 is 16.2 Å². The average molecular weight is 236 g/mol. The van der Waals surface area contributed by atoms with E-state index in [1.807, 2.05) is 37.3 Å². The molecule has 4 nitrogen and oxygen atoms in total. The van der Waals surface area contributed by atoms with Gasteiger partial charge in [0.2, 0.25) is 5.91 Å². The Kier molecular flexibility index (Phi) is 5.66. The molecule has 1 unspecified atom stereocenters. The van der Waals surface area contributed by atoms with Gasteiger partial charge in [0.15, 0.2) is 0 Å². The number of aliphatic hydroxyl groups excluding tert-OH is 1. The zero-order chi connectivity index (χ0) is 12.7. The molecule has 0 spiro atoms. The number of carbonyl (C=O) groups excluding carboxylic acids is 1. The standard InChI is InChI=1S/C13H20N2O2/c1-10(9-16)8-15-13(17)12(14)7-11-5-3-2-4-6-11/h2-6,10,12,16H,7-9,14H2,1H3,(H,15,17)/t10?,12-/m1/s1. The molecule has 0 aromatic heterocycles. The van der Waals surface area contributed by atoms with Gasteiger partial charge in [-0.3, -0.25) is 4.79 Å².